The van der Waals surface area contributed by atoms with Crippen LogP contribution in [0.25, 0.3) is 0 Å². The van der Waals surface area contributed by atoms with Gasteiger partial charge in [-0.2, -0.15) is 0 Å². The highest BCUT2D eigenvalue weighted by molar-refractivity contribution is 9.10. The smallest absolute Gasteiger partial charge is 0.133 e. The van der Waals surface area contributed by atoms with Gasteiger partial charge in [0.2, 0.25) is 0 Å². The molecule has 1 aliphatic rings. The van der Waals surface area contributed by atoms with Crippen molar-refractivity contribution >= 4 is 44.6 Å². The van der Waals surface area contributed by atoms with E-state index in [2.05, 4.69) is 27.3 Å². The number of halogens is 2. The van der Waals surface area contributed by atoms with Gasteiger partial charge in [0.15, 0.2) is 0 Å². The molecule has 0 saturated heterocycles. The summed E-state index contributed by atoms with van der Waals surface area (Å²) in [5.74, 6) is 0.844. The van der Waals surface area contributed by atoms with Gasteiger partial charge in [-0.3, -0.25) is 0 Å². The van der Waals surface area contributed by atoms with Crippen LogP contribution >= 0.6 is 38.9 Å². The second kappa shape index (κ2) is 5.35. The van der Waals surface area contributed by atoms with E-state index in [9.17, 15) is 0 Å². The molecule has 19 heavy (non-hydrogen) atoms. The predicted octanol–water partition coefficient (Wildman–Crippen LogP) is 5.27. The zero-order chi connectivity index (χ0) is 13.4. The van der Waals surface area contributed by atoms with E-state index in [1.54, 1.807) is 18.4 Å². The number of hydrogen-bond acceptors (Lipinski definition) is 3. The number of hydrogen-bond donors (Lipinski definition) is 1. The van der Waals surface area contributed by atoms with E-state index in [1.807, 2.05) is 18.2 Å². The molecule has 0 amide bonds. The topological polar surface area (TPSA) is 21.3 Å². The van der Waals surface area contributed by atoms with Crippen LogP contribution in [0.5, 0.6) is 5.75 Å². The molecule has 1 atom stereocenters. The minimum Gasteiger partial charge on any atom is -0.496 e. The molecule has 5 heteroatoms. The minimum absolute atomic E-state index is 0.360. The van der Waals surface area contributed by atoms with E-state index in [-0.39, 0.29) is 0 Å². The summed E-state index contributed by atoms with van der Waals surface area (Å²) in [5.41, 5.74) is 2.44. The first-order valence-electron chi connectivity index (χ1n) is 6.05. The lowest BCUT2D eigenvalue weighted by molar-refractivity contribution is 0.412. The third-order valence-corrected chi connectivity index (χ3v) is 5.30. The van der Waals surface area contributed by atoms with Gasteiger partial charge in [-0.25, -0.2) is 0 Å². The molecule has 0 spiro atoms. The van der Waals surface area contributed by atoms with Crippen molar-refractivity contribution < 1.29 is 4.74 Å². The van der Waals surface area contributed by atoms with Crippen LogP contribution in [0.1, 0.15) is 22.9 Å². The van der Waals surface area contributed by atoms with Gasteiger partial charge >= 0.3 is 0 Å². The first-order chi connectivity index (χ1) is 9.17. The monoisotopic (exact) mass is 357 g/mol. The van der Waals surface area contributed by atoms with Crippen molar-refractivity contribution in [2.75, 3.05) is 12.4 Å². The fraction of sp³-hybridized carbons (Fsp3) is 0.286. The maximum Gasteiger partial charge on any atom is 0.133 e. The Balaban J connectivity index is 1.81. The van der Waals surface area contributed by atoms with Crippen LogP contribution in [0.2, 0.25) is 4.34 Å². The predicted molar refractivity (Wildman–Crippen MR) is 84.7 cm³/mol. The summed E-state index contributed by atoms with van der Waals surface area (Å²) in [7, 11) is 1.67. The van der Waals surface area contributed by atoms with E-state index in [4.69, 9.17) is 16.3 Å². The summed E-state index contributed by atoms with van der Waals surface area (Å²) in [4.78, 5) is 1.41. The first-order valence-corrected chi connectivity index (χ1v) is 8.04. The molecule has 1 aliphatic carbocycles. The summed E-state index contributed by atoms with van der Waals surface area (Å²) < 4.78 is 7.08. The van der Waals surface area contributed by atoms with Crippen LogP contribution < -0.4 is 10.1 Å². The number of benzene rings is 1. The van der Waals surface area contributed by atoms with Crippen LogP contribution in [0.3, 0.4) is 0 Å². The lowest BCUT2D eigenvalue weighted by Crippen LogP contribution is -2.06. The minimum atomic E-state index is 0.360. The molecule has 1 aromatic carbocycles. The van der Waals surface area contributed by atoms with Crippen LogP contribution in [-0.4, -0.2) is 7.11 Å². The normalized spacial score (nSPS) is 17.3. The molecule has 1 unspecified atom stereocenters. The van der Waals surface area contributed by atoms with Gasteiger partial charge < -0.3 is 10.1 Å². The summed E-state index contributed by atoms with van der Waals surface area (Å²) in [6.45, 7) is 0. The lowest BCUT2D eigenvalue weighted by Gasteiger charge is -2.15. The quantitative estimate of drug-likeness (QED) is 0.807. The maximum absolute atomic E-state index is 6.08. The average Bonchev–Trinajstić information content (AvgIpc) is 2.90. The fourth-order valence-electron chi connectivity index (χ4n) is 2.44. The van der Waals surface area contributed by atoms with Crippen LogP contribution in [0.15, 0.2) is 28.7 Å². The standard InChI is InChI=1S/C14H13BrClNOS/c1-18-12-4-2-8(6-10(12)15)17-11-3-5-13-9(11)7-14(16)19-13/h2,4,6-7,11,17H,3,5H2,1H3. The van der Waals surface area contributed by atoms with Gasteiger partial charge in [-0.15, -0.1) is 11.3 Å². The second-order valence-corrected chi connectivity index (χ2v) is 7.14. The number of rotatable bonds is 3. The molecule has 0 saturated carbocycles. The highest BCUT2D eigenvalue weighted by Crippen LogP contribution is 2.41. The highest BCUT2D eigenvalue weighted by Gasteiger charge is 2.25. The third kappa shape index (κ3) is 2.62. The zero-order valence-corrected chi connectivity index (χ0v) is 13.5. The molecule has 0 aliphatic heterocycles. The van der Waals surface area contributed by atoms with E-state index >= 15 is 0 Å². The summed E-state index contributed by atoms with van der Waals surface area (Å²) in [6, 6.07) is 8.49. The van der Waals surface area contributed by atoms with Crippen LogP contribution in [0, 0.1) is 0 Å². The molecule has 1 N–H and O–H groups in total. The Bertz CT molecular complexity index is 613. The van der Waals surface area contributed by atoms with Crippen molar-refractivity contribution in [3.8, 4) is 5.75 Å². The molecule has 0 radical (unpaired) electrons. The van der Waals surface area contributed by atoms with E-state index in [0.717, 1.165) is 33.1 Å². The van der Waals surface area contributed by atoms with Crippen LogP contribution in [0.4, 0.5) is 5.69 Å². The zero-order valence-electron chi connectivity index (χ0n) is 10.4. The van der Waals surface area contributed by atoms with Crippen molar-refractivity contribution in [1.82, 2.24) is 0 Å². The van der Waals surface area contributed by atoms with Gasteiger partial charge in [0.25, 0.3) is 0 Å². The lowest BCUT2D eigenvalue weighted by atomic mass is 10.1. The fourth-order valence-corrected chi connectivity index (χ4v) is 4.34. The number of methoxy groups -OCH3 is 1. The Labute approximate surface area is 129 Å². The van der Waals surface area contributed by atoms with Crippen molar-refractivity contribution in [1.29, 1.82) is 0 Å². The molecule has 3 rings (SSSR count). The molecule has 1 aromatic heterocycles. The van der Waals surface area contributed by atoms with Crippen LogP contribution in [-0.2, 0) is 6.42 Å². The van der Waals surface area contributed by atoms with Crippen molar-refractivity contribution in [3.63, 3.8) is 0 Å². The molecule has 0 bridgehead atoms. The Kier molecular flexibility index (Phi) is 3.74. The summed E-state index contributed by atoms with van der Waals surface area (Å²) in [5, 5.41) is 3.56. The molecule has 2 nitrogen and oxygen atoms in total. The Hall–Kier alpha value is -0.710. The van der Waals surface area contributed by atoms with Gasteiger partial charge in [0.1, 0.15) is 5.75 Å². The molecule has 1 heterocycles. The first kappa shape index (κ1) is 13.3. The Morgan fingerprint density at radius 2 is 2.26 bits per heavy atom. The van der Waals surface area contributed by atoms with E-state index in [1.165, 1.54) is 10.4 Å². The number of fused-ring (bicyclic) bond motifs is 1. The van der Waals surface area contributed by atoms with E-state index in [0.29, 0.717) is 6.04 Å². The molecular formula is C14H13BrClNOS. The summed E-state index contributed by atoms with van der Waals surface area (Å²) in [6.07, 6.45) is 2.24. The average molecular weight is 359 g/mol. The molecule has 2 aromatic rings. The number of thiophene rings is 1. The maximum atomic E-state index is 6.08. The van der Waals surface area contributed by atoms with Crippen molar-refractivity contribution in [3.05, 3.63) is 43.5 Å². The Morgan fingerprint density at radius 1 is 1.42 bits per heavy atom. The number of ether oxygens (including phenoxy) is 1. The SMILES string of the molecule is COc1ccc(NC2CCc3sc(Cl)cc32)cc1Br. The Morgan fingerprint density at radius 3 is 3.00 bits per heavy atom. The summed E-state index contributed by atoms with van der Waals surface area (Å²) >= 11 is 11.3. The highest BCUT2D eigenvalue weighted by atomic mass is 79.9. The number of aryl methyl sites for hydroxylation is 1. The van der Waals surface area contributed by atoms with Gasteiger partial charge in [-0.05, 0) is 58.6 Å². The van der Waals surface area contributed by atoms with Gasteiger partial charge in [0, 0.05) is 10.6 Å². The van der Waals surface area contributed by atoms with Crippen molar-refractivity contribution in [2.45, 2.75) is 18.9 Å². The van der Waals surface area contributed by atoms with Gasteiger partial charge in [0.05, 0.1) is 22.0 Å². The number of anilines is 1. The molecule has 100 valence electrons. The largest absolute Gasteiger partial charge is 0.496 e. The second-order valence-electron chi connectivity index (χ2n) is 4.51. The van der Waals surface area contributed by atoms with Crippen molar-refractivity contribution in [2.24, 2.45) is 0 Å². The third-order valence-electron chi connectivity index (χ3n) is 3.34. The molecular weight excluding hydrogens is 346 g/mol. The molecule has 0 fully saturated rings. The van der Waals surface area contributed by atoms with Gasteiger partial charge in [-0.1, -0.05) is 11.6 Å². The van der Waals surface area contributed by atoms with E-state index < -0.39 is 0 Å². The number of nitrogens with one attached hydrogen (secondary N) is 1.